The Kier molecular flexibility index (Phi) is 9.61. The van der Waals surface area contributed by atoms with Gasteiger partial charge in [0.05, 0.1) is 21.8 Å². The molecule has 2 aromatic rings. The van der Waals surface area contributed by atoms with Gasteiger partial charge in [-0.1, -0.05) is 63.5 Å². The van der Waals surface area contributed by atoms with Crippen molar-refractivity contribution in [3.63, 3.8) is 0 Å². The van der Waals surface area contributed by atoms with E-state index in [-0.39, 0.29) is 24.9 Å². The zero-order valence-corrected chi connectivity index (χ0v) is 21.9. The molecule has 1 unspecified atom stereocenters. The van der Waals surface area contributed by atoms with Gasteiger partial charge in [-0.15, -0.1) is 0 Å². The average molecular weight is 520 g/mol. The molecule has 2 fully saturated rings. The Morgan fingerprint density at radius 2 is 1.86 bits per heavy atom. The molecule has 0 aliphatic carbocycles. The minimum absolute atomic E-state index is 0. The van der Waals surface area contributed by atoms with Gasteiger partial charge in [0.1, 0.15) is 0 Å². The molecule has 2 saturated heterocycles. The molecule has 35 heavy (non-hydrogen) atoms. The summed E-state index contributed by atoms with van der Waals surface area (Å²) in [5, 5.41) is 4.49. The van der Waals surface area contributed by atoms with Crippen molar-refractivity contribution in [3.05, 3.63) is 63.9 Å². The molecular formula is C28H40Cl2N4O. The number of nitrogens with zero attached hydrogens (tertiary/aromatic N) is 3. The number of amides is 1. The number of halogens is 2. The molecule has 1 aromatic carbocycles. The number of piperidine rings is 1. The van der Waals surface area contributed by atoms with E-state index in [1.807, 2.05) is 36.5 Å². The number of nitrogens with one attached hydrogen (secondary N) is 1. The van der Waals surface area contributed by atoms with Gasteiger partial charge in [-0.2, -0.15) is 0 Å². The van der Waals surface area contributed by atoms with E-state index in [0.717, 1.165) is 56.8 Å². The number of rotatable bonds is 5. The third kappa shape index (κ3) is 6.76. The van der Waals surface area contributed by atoms with Gasteiger partial charge in [-0.25, -0.2) is 0 Å². The van der Waals surface area contributed by atoms with Crippen molar-refractivity contribution in [1.82, 2.24) is 20.1 Å². The Balaban J connectivity index is 0.00000342. The molecular weight excluding hydrogens is 479 g/mol. The summed E-state index contributed by atoms with van der Waals surface area (Å²) >= 11 is 12.6. The van der Waals surface area contributed by atoms with E-state index in [1.165, 1.54) is 0 Å². The smallest absolute Gasteiger partial charge is 0.223 e. The summed E-state index contributed by atoms with van der Waals surface area (Å²) in [6.07, 6.45) is 4.67. The normalized spacial score (nSPS) is 20.8. The van der Waals surface area contributed by atoms with Crippen LogP contribution >= 0.6 is 23.2 Å². The van der Waals surface area contributed by atoms with Crippen molar-refractivity contribution in [3.8, 4) is 0 Å². The lowest BCUT2D eigenvalue weighted by Gasteiger charge is -2.49. The molecule has 7 heteroatoms. The highest BCUT2D eigenvalue weighted by Crippen LogP contribution is 2.36. The largest absolute Gasteiger partial charge is 0.337 e. The highest BCUT2D eigenvalue weighted by atomic mass is 35.5. The van der Waals surface area contributed by atoms with Crippen molar-refractivity contribution in [2.75, 3.05) is 32.7 Å². The Labute approximate surface area is 221 Å². The second-order valence-electron chi connectivity index (χ2n) is 10.7. The van der Waals surface area contributed by atoms with E-state index in [2.05, 4.69) is 42.0 Å². The van der Waals surface area contributed by atoms with Gasteiger partial charge in [-0.05, 0) is 67.1 Å². The van der Waals surface area contributed by atoms with E-state index >= 15 is 0 Å². The number of benzene rings is 1. The van der Waals surface area contributed by atoms with Crippen molar-refractivity contribution < 1.29 is 4.79 Å². The highest BCUT2D eigenvalue weighted by Gasteiger charge is 2.40. The van der Waals surface area contributed by atoms with Crippen LogP contribution in [0.2, 0.25) is 10.0 Å². The molecule has 2 aliphatic heterocycles. The van der Waals surface area contributed by atoms with E-state index in [1.54, 1.807) is 0 Å². The van der Waals surface area contributed by atoms with Gasteiger partial charge < -0.3 is 10.2 Å². The van der Waals surface area contributed by atoms with Gasteiger partial charge in [0.15, 0.2) is 0 Å². The lowest BCUT2D eigenvalue weighted by molar-refractivity contribution is -0.141. The molecule has 192 valence electrons. The summed E-state index contributed by atoms with van der Waals surface area (Å²) in [5.41, 5.74) is 1.99. The van der Waals surface area contributed by atoms with Crippen LogP contribution in [0.1, 0.15) is 64.8 Å². The predicted molar refractivity (Wildman–Crippen MR) is 146 cm³/mol. The lowest BCUT2D eigenvalue weighted by atomic mass is 9.82. The summed E-state index contributed by atoms with van der Waals surface area (Å²) in [4.78, 5) is 22.8. The van der Waals surface area contributed by atoms with Crippen LogP contribution in [0.5, 0.6) is 0 Å². The van der Waals surface area contributed by atoms with Gasteiger partial charge in [-0.3, -0.25) is 14.7 Å². The molecule has 1 N–H and O–H groups in total. The molecule has 0 radical (unpaired) electrons. The molecule has 2 aliphatic rings. The van der Waals surface area contributed by atoms with Gasteiger partial charge in [0.2, 0.25) is 5.91 Å². The predicted octanol–water partition coefficient (Wildman–Crippen LogP) is 6.06. The number of carbonyl (C=O) groups is 1. The second kappa shape index (κ2) is 12.1. The van der Waals surface area contributed by atoms with Crippen LogP contribution in [0.25, 0.3) is 0 Å². The summed E-state index contributed by atoms with van der Waals surface area (Å²) < 4.78 is 0. The first-order valence-corrected chi connectivity index (χ1v) is 13.1. The maximum absolute atomic E-state index is 13.5. The molecule has 3 heterocycles. The lowest BCUT2D eigenvalue weighted by Crippen LogP contribution is -2.60. The van der Waals surface area contributed by atoms with Crippen LogP contribution in [0, 0.1) is 11.3 Å². The molecule has 1 aromatic heterocycles. The Hall–Kier alpha value is -1.66. The SMILES string of the molecule is C.CC(C)(C)[C@H]1CN(C(c2ccc(Cl)c(Cl)c2)c2ccccn2)CCN1C(=O)CC1CCNCC1. The van der Waals surface area contributed by atoms with Crippen LogP contribution in [0.3, 0.4) is 0 Å². The molecule has 1 amide bonds. The van der Waals surface area contributed by atoms with Crippen molar-refractivity contribution in [2.24, 2.45) is 11.3 Å². The Bertz CT molecular complexity index is 973. The van der Waals surface area contributed by atoms with Crippen molar-refractivity contribution >= 4 is 29.1 Å². The summed E-state index contributed by atoms with van der Waals surface area (Å²) in [7, 11) is 0. The van der Waals surface area contributed by atoms with Crippen LogP contribution in [-0.2, 0) is 4.79 Å². The van der Waals surface area contributed by atoms with E-state index in [0.29, 0.717) is 28.3 Å². The Morgan fingerprint density at radius 1 is 1.11 bits per heavy atom. The third-order valence-corrected chi connectivity index (χ3v) is 7.99. The number of carbonyl (C=O) groups excluding carboxylic acids is 1. The fourth-order valence-corrected chi connectivity index (χ4v) is 5.62. The standard InChI is InChI=1S/C27H36Cl2N4O.CH4/c1-27(2,3)24-18-32(14-15-33(24)25(34)16-19-9-12-30-13-10-19)26(23-6-4-5-11-31-23)20-7-8-21(28)22(29)17-20;/h4-8,11,17,19,24,26,30H,9-10,12-16,18H2,1-3H3;1H4/t24-,26?;/m1./s1. The summed E-state index contributed by atoms with van der Waals surface area (Å²) in [6, 6.07) is 11.9. The summed E-state index contributed by atoms with van der Waals surface area (Å²) in [5.74, 6) is 0.792. The minimum Gasteiger partial charge on any atom is -0.337 e. The number of pyridine rings is 1. The molecule has 0 bridgehead atoms. The minimum atomic E-state index is -0.0533. The quantitative estimate of drug-likeness (QED) is 0.522. The van der Waals surface area contributed by atoms with Crippen LogP contribution in [0.15, 0.2) is 42.6 Å². The zero-order valence-electron chi connectivity index (χ0n) is 20.4. The van der Waals surface area contributed by atoms with Gasteiger partial charge in [0.25, 0.3) is 0 Å². The highest BCUT2D eigenvalue weighted by molar-refractivity contribution is 6.42. The maximum Gasteiger partial charge on any atom is 0.223 e. The first-order valence-electron chi connectivity index (χ1n) is 12.3. The fourth-order valence-electron chi connectivity index (χ4n) is 5.32. The van der Waals surface area contributed by atoms with Crippen LogP contribution in [-0.4, -0.2) is 59.5 Å². The molecule has 0 spiro atoms. The first kappa shape index (κ1) is 27.9. The van der Waals surface area contributed by atoms with Crippen LogP contribution < -0.4 is 5.32 Å². The maximum atomic E-state index is 13.5. The molecule has 5 nitrogen and oxygen atoms in total. The Morgan fingerprint density at radius 3 is 2.49 bits per heavy atom. The van der Waals surface area contributed by atoms with E-state index < -0.39 is 0 Å². The number of aromatic nitrogens is 1. The van der Waals surface area contributed by atoms with E-state index in [4.69, 9.17) is 28.2 Å². The van der Waals surface area contributed by atoms with Gasteiger partial charge in [0, 0.05) is 38.3 Å². The molecule has 2 atom stereocenters. The summed E-state index contributed by atoms with van der Waals surface area (Å²) in [6.45, 7) is 11.0. The first-order chi connectivity index (χ1) is 16.2. The van der Waals surface area contributed by atoms with Crippen molar-refractivity contribution in [2.45, 2.75) is 59.5 Å². The monoisotopic (exact) mass is 518 g/mol. The number of hydrogen-bond acceptors (Lipinski definition) is 4. The van der Waals surface area contributed by atoms with E-state index in [9.17, 15) is 4.79 Å². The van der Waals surface area contributed by atoms with Crippen LogP contribution in [0.4, 0.5) is 0 Å². The third-order valence-electron chi connectivity index (χ3n) is 7.25. The topological polar surface area (TPSA) is 48.5 Å². The fraction of sp³-hybridized carbons (Fsp3) is 0.571. The van der Waals surface area contributed by atoms with Gasteiger partial charge >= 0.3 is 0 Å². The second-order valence-corrected chi connectivity index (χ2v) is 11.5. The number of piperazine rings is 1. The zero-order chi connectivity index (χ0) is 24.3. The van der Waals surface area contributed by atoms with Crippen molar-refractivity contribution in [1.29, 1.82) is 0 Å². The molecule has 4 rings (SSSR count). The number of hydrogen-bond donors (Lipinski definition) is 1. The molecule has 0 saturated carbocycles. The average Bonchev–Trinajstić information content (AvgIpc) is 2.82.